The molecule has 0 aromatic rings. The van der Waals surface area contributed by atoms with E-state index in [1.165, 1.54) is 0 Å². The molecule has 1 nitrogen and oxygen atoms in total. The molecule has 0 aliphatic heterocycles. The highest BCUT2D eigenvalue weighted by atomic mass is 19.1. The Balaban J connectivity index is 2.33. The van der Waals surface area contributed by atoms with Crippen molar-refractivity contribution >= 4 is 0 Å². The van der Waals surface area contributed by atoms with E-state index in [9.17, 15) is 4.39 Å². The molecule has 0 radical (unpaired) electrons. The summed E-state index contributed by atoms with van der Waals surface area (Å²) in [5, 5.41) is 0. The minimum atomic E-state index is -0.708. The summed E-state index contributed by atoms with van der Waals surface area (Å²) in [6.45, 7) is 0. The third-order valence-electron chi connectivity index (χ3n) is 1.48. The molecule has 2 heteroatoms. The van der Waals surface area contributed by atoms with Crippen LogP contribution in [0.4, 0.5) is 4.39 Å². The zero-order valence-electron chi connectivity index (χ0n) is 4.23. The fourth-order valence-electron chi connectivity index (χ4n) is 0.943. The van der Waals surface area contributed by atoms with Gasteiger partial charge in [0.25, 0.3) is 0 Å². The molecule has 0 saturated heterocycles. The molecule has 1 rings (SSSR count). The molecule has 2 unspecified atom stereocenters. The first kappa shape index (κ1) is 5.04. The molecule has 0 amide bonds. The van der Waals surface area contributed by atoms with Gasteiger partial charge in [0.1, 0.15) is 6.17 Å². The molecule has 1 fully saturated rings. The van der Waals surface area contributed by atoms with Crippen LogP contribution in [0.5, 0.6) is 0 Å². The lowest BCUT2D eigenvalue weighted by atomic mass is 10.2. The highest BCUT2D eigenvalue weighted by Crippen LogP contribution is 2.19. The number of rotatable bonds is 0. The van der Waals surface area contributed by atoms with Crippen molar-refractivity contribution in [1.29, 1.82) is 0 Å². The van der Waals surface area contributed by atoms with Crippen molar-refractivity contribution in [3.8, 4) is 0 Å². The van der Waals surface area contributed by atoms with Crippen molar-refractivity contribution in [3.63, 3.8) is 0 Å². The van der Waals surface area contributed by atoms with Gasteiger partial charge in [-0.1, -0.05) is 0 Å². The summed E-state index contributed by atoms with van der Waals surface area (Å²) in [5.74, 6) is 0. The Hall–Kier alpha value is -0.110. The molecule has 1 aliphatic rings. The molecule has 2 N–H and O–H groups in total. The fraction of sp³-hybridized carbons (Fsp3) is 1.00. The summed E-state index contributed by atoms with van der Waals surface area (Å²) < 4.78 is 12.2. The molecule has 0 aromatic heterocycles. The second kappa shape index (κ2) is 1.78. The van der Waals surface area contributed by atoms with Gasteiger partial charge in [0.2, 0.25) is 0 Å². The van der Waals surface area contributed by atoms with E-state index in [4.69, 9.17) is 5.73 Å². The van der Waals surface area contributed by atoms with E-state index in [-0.39, 0.29) is 6.04 Å². The van der Waals surface area contributed by atoms with Gasteiger partial charge in [0.05, 0.1) is 0 Å². The van der Waals surface area contributed by atoms with Crippen molar-refractivity contribution in [3.05, 3.63) is 0 Å². The summed E-state index contributed by atoms with van der Waals surface area (Å²) >= 11 is 0. The smallest absolute Gasteiger partial charge is 0.115 e. The molecule has 7 heavy (non-hydrogen) atoms. The van der Waals surface area contributed by atoms with E-state index < -0.39 is 6.17 Å². The van der Waals surface area contributed by atoms with Crippen LogP contribution in [0.15, 0.2) is 0 Å². The quantitative estimate of drug-likeness (QED) is 0.483. The molecule has 2 atom stereocenters. The maximum atomic E-state index is 12.2. The molecular formula is C5H10FN. The topological polar surface area (TPSA) is 26.0 Å². The lowest BCUT2D eigenvalue weighted by molar-refractivity contribution is 0.312. The second-order valence-corrected chi connectivity index (χ2v) is 2.11. The minimum Gasteiger partial charge on any atom is -0.325 e. The minimum absolute atomic E-state index is 0.153. The molecule has 1 aliphatic carbocycles. The first-order chi connectivity index (χ1) is 3.30. The third kappa shape index (κ3) is 0.911. The first-order valence-corrected chi connectivity index (χ1v) is 2.70. The monoisotopic (exact) mass is 103 g/mol. The maximum absolute atomic E-state index is 12.2. The van der Waals surface area contributed by atoms with Gasteiger partial charge in [-0.05, 0) is 19.3 Å². The molecule has 0 heterocycles. The lowest BCUT2D eigenvalue weighted by Crippen LogP contribution is -2.24. The number of hydrogen-bond donors (Lipinski definition) is 1. The third-order valence-corrected chi connectivity index (χ3v) is 1.48. The maximum Gasteiger partial charge on any atom is 0.115 e. The average molecular weight is 103 g/mol. The van der Waals surface area contributed by atoms with Gasteiger partial charge in [-0.25, -0.2) is 4.39 Å². The highest BCUT2D eigenvalue weighted by molar-refractivity contribution is 4.78. The van der Waals surface area contributed by atoms with E-state index in [1.807, 2.05) is 0 Å². The van der Waals surface area contributed by atoms with Crippen molar-refractivity contribution in [2.75, 3.05) is 0 Å². The highest BCUT2D eigenvalue weighted by Gasteiger charge is 2.22. The summed E-state index contributed by atoms with van der Waals surface area (Å²) in [7, 11) is 0. The van der Waals surface area contributed by atoms with Gasteiger partial charge in [0, 0.05) is 6.04 Å². The van der Waals surface area contributed by atoms with Gasteiger partial charge < -0.3 is 5.73 Å². The molecule has 0 bridgehead atoms. The number of nitrogens with two attached hydrogens (primary N) is 1. The standard InChI is InChI=1S/C5H10FN/c6-4-2-1-3-5(4)7/h4-5H,1-3,7H2. The van der Waals surface area contributed by atoms with Gasteiger partial charge in [-0.15, -0.1) is 0 Å². The van der Waals surface area contributed by atoms with Crippen molar-refractivity contribution in [2.45, 2.75) is 31.5 Å². The van der Waals surface area contributed by atoms with E-state index in [0.717, 1.165) is 12.8 Å². The van der Waals surface area contributed by atoms with E-state index in [2.05, 4.69) is 0 Å². The van der Waals surface area contributed by atoms with Crippen LogP contribution in [0.2, 0.25) is 0 Å². The summed E-state index contributed by atoms with van der Waals surface area (Å²) in [5.41, 5.74) is 5.30. The molecule has 0 aromatic carbocycles. The zero-order valence-corrected chi connectivity index (χ0v) is 4.23. The first-order valence-electron chi connectivity index (χ1n) is 2.70. The fourth-order valence-corrected chi connectivity index (χ4v) is 0.943. The van der Waals surface area contributed by atoms with Crippen molar-refractivity contribution in [2.24, 2.45) is 5.73 Å². The van der Waals surface area contributed by atoms with E-state index in [1.54, 1.807) is 0 Å². The number of halogens is 1. The van der Waals surface area contributed by atoms with Crippen LogP contribution in [0.1, 0.15) is 19.3 Å². The Morgan fingerprint density at radius 3 is 2.29 bits per heavy atom. The molecule has 1 saturated carbocycles. The Morgan fingerprint density at radius 2 is 2.14 bits per heavy atom. The van der Waals surface area contributed by atoms with Gasteiger partial charge >= 0.3 is 0 Å². The largest absolute Gasteiger partial charge is 0.325 e. The molecule has 0 spiro atoms. The predicted molar refractivity (Wildman–Crippen MR) is 26.7 cm³/mol. The average Bonchev–Trinajstić information content (AvgIpc) is 1.91. The predicted octanol–water partition coefficient (Wildman–Crippen LogP) is 0.836. The molecule has 42 valence electrons. The van der Waals surface area contributed by atoms with Gasteiger partial charge in [0.15, 0.2) is 0 Å². The SMILES string of the molecule is NC1CCCC1F. The van der Waals surface area contributed by atoms with Crippen LogP contribution < -0.4 is 5.73 Å². The van der Waals surface area contributed by atoms with Crippen LogP contribution in [-0.4, -0.2) is 12.2 Å². The molecular weight excluding hydrogens is 93.1 g/mol. The van der Waals surface area contributed by atoms with Crippen molar-refractivity contribution in [1.82, 2.24) is 0 Å². The Kier molecular flexibility index (Phi) is 1.28. The number of alkyl halides is 1. The van der Waals surface area contributed by atoms with Crippen LogP contribution in [-0.2, 0) is 0 Å². The van der Waals surface area contributed by atoms with Crippen LogP contribution in [0, 0.1) is 0 Å². The van der Waals surface area contributed by atoms with Gasteiger partial charge in [-0.3, -0.25) is 0 Å². The zero-order chi connectivity index (χ0) is 5.28. The van der Waals surface area contributed by atoms with Crippen LogP contribution in [0.25, 0.3) is 0 Å². The van der Waals surface area contributed by atoms with Gasteiger partial charge in [-0.2, -0.15) is 0 Å². The number of hydrogen-bond acceptors (Lipinski definition) is 1. The normalized spacial score (nSPS) is 42.0. The van der Waals surface area contributed by atoms with Crippen LogP contribution in [0.3, 0.4) is 0 Å². The Labute approximate surface area is 42.7 Å². The van der Waals surface area contributed by atoms with Crippen molar-refractivity contribution < 1.29 is 4.39 Å². The summed E-state index contributed by atoms with van der Waals surface area (Å²) in [4.78, 5) is 0. The Morgan fingerprint density at radius 1 is 1.43 bits per heavy atom. The van der Waals surface area contributed by atoms with Crippen LogP contribution >= 0.6 is 0 Å². The lowest BCUT2D eigenvalue weighted by Gasteiger charge is -2.01. The van der Waals surface area contributed by atoms with E-state index >= 15 is 0 Å². The summed E-state index contributed by atoms with van der Waals surface area (Å²) in [6, 6.07) is -0.153. The summed E-state index contributed by atoms with van der Waals surface area (Å²) in [6.07, 6.45) is 1.82. The Bertz CT molecular complexity index is 57.1. The second-order valence-electron chi connectivity index (χ2n) is 2.11. The van der Waals surface area contributed by atoms with E-state index in [0.29, 0.717) is 6.42 Å².